The van der Waals surface area contributed by atoms with Crippen LogP contribution in [0.3, 0.4) is 0 Å². The monoisotopic (exact) mass is 345 g/mol. The third-order valence-electron chi connectivity index (χ3n) is 3.35. The van der Waals surface area contributed by atoms with Crippen molar-refractivity contribution >= 4 is 11.6 Å². The molecule has 3 aromatic rings. The second-order valence-corrected chi connectivity index (χ2v) is 5.00. The number of nitrogens with zero attached hydrogens (tertiary/aromatic N) is 1. The van der Waals surface area contributed by atoms with E-state index >= 15 is 0 Å². The third kappa shape index (κ3) is 3.27. The molecule has 0 radical (unpaired) electrons. The fourth-order valence-electron chi connectivity index (χ4n) is 2.17. The largest absolute Gasteiger partial charge is 0.366 e. The molecule has 5 nitrogen and oxygen atoms in total. The Morgan fingerprint density at radius 2 is 1.72 bits per heavy atom. The maximum atomic E-state index is 14.0. The molecule has 0 aliphatic heterocycles. The molecule has 8 heteroatoms. The van der Waals surface area contributed by atoms with E-state index in [0.717, 1.165) is 30.3 Å². The van der Waals surface area contributed by atoms with Crippen molar-refractivity contribution in [2.45, 2.75) is 0 Å². The Labute approximate surface area is 139 Å². The molecule has 25 heavy (non-hydrogen) atoms. The summed E-state index contributed by atoms with van der Waals surface area (Å²) in [6.45, 7) is 0. The van der Waals surface area contributed by atoms with Gasteiger partial charge >= 0.3 is 0 Å². The summed E-state index contributed by atoms with van der Waals surface area (Å²) < 4.78 is 41.7. The molecule has 0 aliphatic carbocycles. The van der Waals surface area contributed by atoms with Crippen LogP contribution in [0.1, 0.15) is 10.5 Å². The highest BCUT2D eigenvalue weighted by molar-refractivity contribution is 6.03. The average molecular weight is 345 g/mol. The van der Waals surface area contributed by atoms with Crippen molar-refractivity contribution in [1.82, 2.24) is 9.97 Å². The molecule has 0 spiro atoms. The highest BCUT2D eigenvalue weighted by Crippen LogP contribution is 2.27. The predicted molar refractivity (Wildman–Crippen MR) is 84.6 cm³/mol. The fourth-order valence-corrected chi connectivity index (χ4v) is 2.17. The minimum absolute atomic E-state index is 0.0442. The molecule has 2 N–H and O–H groups in total. The summed E-state index contributed by atoms with van der Waals surface area (Å²) >= 11 is 0. The number of aromatic amines is 1. The minimum atomic E-state index is -1.01. The van der Waals surface area contributed by atoms with Gasteiger partial charge in [-0.25, -0.2) is 18.2 Å². The number of carbonyl (C=O) groups excluding carboxylic acids is 1. The number of benzene rings is 1. The van der Waals surface area contributed by atoms with Gasteiger partial charge in [0.25, 0.3) is 5.91 Å². The van der Waals surface area contributed by atoms with E-state index < -0.39 is 40.0 Å². The number of H-pyrrole nitrogens is 1. The molecule has 0 atom stereocenters. The molecule has 0 saturated carbocycles. The molecule has 0 bridgehead atoms. The Bertz CT molecular complexity index is 998. The van der Waals surface area contributed by atoms with Crippen LogP contribution in [0.25, 0.3) is 11.3 Å². The maximum Gasteiger partial charge on any atom is 0.274 e. The number of amides is 1. The first-order valence-electron chi connectivity index (χ1n) is 7.07. The Kier molecular flexibility index (Phi) is 4.34. The zero-order chi connectivity index (χ0) is 18.0. The molecule has 2 aromatic heterocycles. The molecular formula is C17H10F3N3O2. The van der Waals surface area contributed by atoms with E-state index in [4.69, 9.17) is 0 Å². The lowest BCUT2D eigenvalue weighted by Gasteiger charge is -2.08. The number of nitrogens with one attached hydrogen (secondary N) is 2. The van der Waals surface area contributed by atoms with Crippen molar-refractivity contribution in [2.24, 2.45) is 0 Å². The first-order chi connectivity index (χ1) is 12.0. The molecule has 1 aromatic carbocycles. The van der Waals surface area contributed by atoms with Crippen molar-refractivity contribution in [3.8, 4) is 11.3 Å². The lowest BCUT2D eigenvalue weighted by molar-refractivity contribution is 0.102. The van der Waals surface area contributed by atoms with Crippen molar-refractivity contribution < 1.29 is 18.0 Å². The molecular weight excluding hydrogens is 335 g/mol. The van der Waals surface area contributed by atoms with Gasteiger partial charge in [-0.1, -0.05) is 6.07 Å². The lowest BCUT2D eigenvalue weighted by Crippen LogP contribution is -2.19. The van der Waals surface area contributed by atoms with E-state index in [9.17, 15) is 22.8 Å². The molecule has 0 unspecified atom stereocenters. The van der Waals surface area contributed by atoms with Crippen molar-refractivity contribution in [3.05, 3.63) is 82.2 Å². The molecule has 126 valence electrons. The summed E-state index contributed by atoms with van der Waals surface area (Å²) in [5.74, 6) is -3.83. The average Bonchev–Trinajstić information content (AvgIpc) is 2.58. The van der Waals surface area contributed by atoms with Gasteiger partial charge in [0.1, 0.15) is 34.5 Å². The van der Waals surface area contributed by atoms with E-state index in [1.165, 1.54) is 18.5 Å². The maximum absolute atomic E-state index is 14.0. The van der Waals surface area contributed by atoms with Crippen LogP contribution in [-0.2, 0) is 0 Å². The van der Waals surface area contributed by atoms with Crippen LogP contribution >= 0.6 is 0 Å². The van der Waals surface area contributed by atoms with Gasteiger partial charge in [0.05, 0.1) is 5.56 Å². The second-order valence-electron chi connectivity index (χ2n) is 5.00. The van der Waals surface area contributed by atoms with E-state index in [1.807, 2.05) is 0 Å². The third-order valence-corrected chi connectivity index (χ3v) is 3.35. The van der Waals surface area contributed by atoms with Crippen LogP contribution in [0.5, 0.6) is 0 Å². The lowest BCUT2D eigenvalue weighted by atomic mass is 10.1. The first kappa shape index (κ1) is 16.4. The number of hydrogen-bond donors (Lipinski definition) is 2. The van der Waals surface area contributed by atoms with Gasteiger partial charge < -0.3 is 10.3 Å². The molecule has 1 amide bonds. The SMILES string of the molecule is O=C(Nc1c[nH]ccc1=O)c1ccc(F)c(-c2c(F)cccc2F)n1. The summed E-state index contributed by atoms with van der Waals surface area (Å²) in [6.07, 6.45) is 2.65. The Morgan fingerprint density at radius 3 is 2.40 bits per heavy atom. The normalized spacial score (nSPS) is 10.5. The van der Waals surface area contributed by atoms with E-state index in [-0.39, 0.29) is 11.4 Å². The fraction of sp³-hybridized carbons (Fsp3) is 0. The summed E-state index contributed by atoms with van der Waals surface area (Å²) in [6, 6.07) is 6.16. The van der Waals surface area contributed by atoms with Gasteiger partial charge in [0, 0.05) is 18.5 Å². The number of pyridine rings is 2. The van der Waals surface area contributed by atoms with Gasteiger partial charge in [-0.15, -0.1) is 0 Å². The number of anilines is 1. The highest BCUT2D eigenvalue weighted by atomic mass is 19.1. The summed E-state index contributed by atoms with van der Waals surface area (Å²) in [4.78, 5) is 30.1. The topological polar surface area (TPSA) is 74.8 Å². The summed E-state index contributed by atoms with van der Waals surface area (Å²) in [7, 11) is 0. The number of hydrogen-bond acceptors (Lipinski definition) is 3. The van der Waals surface area contributed by atoms with E-state index in [0.29, 0.717) is 0 Å². The van der Waals surface area contributed by atoms with Gasteiger partial charge in [0.15, 0.2) is 0 Å². The smallest absolute Gasteiger partial charge is 0.274 e. The Hall–Kier alpha value is -3.42. The molecule has 3 rings (SSSR count). The molecule has 2 heterocycles. The van der Waals surface area contributed by atoms with Crippen molar-refractivity contribution in [2.75, 3.05) is 5.32 Å². The zero-order valence-corrected chi connectivity index (χ0v) is 12.5. The van der Waals surface area contributed by atoms with Gasteiger partial charge in [-0.3, -0.25) is 9.59 Å². The van der Waals surface area contributed by atoms with Crippen molar-refractivity contribution in [1.29, 1.82) is 0 Å². The number of aromatic nitrogens is 2. The number of carbonyl (C=O) groups is 1. The zero-order valence-electron chi connectivity index (χ0n) is 12.5. The molecule has 0 aliphatic rings. The molecule has 0 fully saturated rings. The Balaban J connectivity index is 2.01. The first-order valence-corrected chi connectivity index (χ1v) is 7.07. The number of rotatable bonds is 3. The van der Waals surface area contributed by atoms with Gasteiger partial charge in [0.2, 0.25) is 5.43 Å². The van der Waals surface area contributed by atoms with E-state index in [2.05, 4.69) is 15.3 Å². The van der Waals surface area contributed by atoms with Crippen LogP contribution in [0, 0.1) is 17.5 Å². The quantitative estimate of drug-likeness (QED) is 0.766. The van der Waals surface area contributed by atoms with Crippen molar-refractivity contribution in [3.63, 3.8) is 0 Å². The molecule has 0 saturated heterocycles. The van der Waals surface area contributed by atoms with Crippen LogP contribution in [0.4, 0.5) is 18.9 Å². The van der Waals surface area contributed by atoms with Crippen LogP contribution in [0.2, 0.25) is 0 Å². The van der Waals surface area contributed by atoms with Gasteiger partial charge in [-0.05, 0) is 24.3 Å². The van der Waals surface area contributed by atoms with Crippen LogP contribution < -0.4 is 10.7 Å². The highest BCUT2D eigenvalue weighted by Gasteiger charge is 2.19. The Morgan fingerprint density at radius 1 is 1.00 bits per heavy atom. The van der Waals surface area contributed by atoms with Crippen LogP contribution in [0.15, 0.2) is 53.6 Å². The minimum Gasteiger partial charge on any atom is -0.366 e. The summed E-state index contributed by atoms with van der Waals surface area (Å²) in [5.41, 5.74) is -2.11. The van der Waals surface area contributed by atoms with Crippen LogP contribution in [-0.4, -0.2) is 15.9 Å². The standard InChI is InChI=1S/C17H10F3N3O2/c18-9-2-1-3-10(19)15(9)16-11(20)4-5-12(22-16)17(25)23-13-8-21-7-6-14(13)24/h1-8H,(H,21,24)(H,23,25). The van der Waals surface area contributed by atoms with E-state index in [1.54, 1.807) is 0 Å². The second kappa shape index (κ2) is 6.60. The summed E-state index contributed by atoms with van der Waals surface area (Å²) in [5, 5.41) is 2.30. The number of halogens is 3. The predicted octanol–water partition coefficient (Wildman–Crippen LogP) is 3.11. The van der Waals surface area contributed by atoms with Gasteiger partial charge in [-0.2, -0.15) is 0 Å².